The summed E-state index contributed by atoms with van der Waals surface area (Å²) in [6, 6.07) is 0.787. The summed E-state index contributed by atoms with van der Waals surface area (Å²) in [5, 5.41) is 1.34. The van der Waals surface area contributed by atoms with Gasteiger partial charge >= 0.3 is 0 Å². The Labute approximate surface area is 90.1 Å². The quantitative estimate of drug-likeness (QED) is 0.664. The van der Waals surface area contributed by atoms with Crippen LogP contribution in [0.2, 0.25) is 0 Å². The summed E-state index contributed by atoms with van der Waals surface area (Å²) in [5.74, 6) is 0. The van der Waals surface area contributed by atoms with E-state index in [9.17, 15) is 0 Å². The summed E-state index contributed by atoms with van der Waals surface area (Å²) in [5.41, 5.74) is 0. The Bertz CT molecular complexity index is 202. The van der Waals surface area contributed by atoms with Crippen LogP contribution < -0.4 is 0 Å². The molecule has 0 spiro atoms. The molecule has 4 heteroatoms. The molecular weight excluding hydrogens is 207 g/mol. The first-order chi connectivity index (χ1) is 5.95. The Kier molecular flexibility index (Phi) is 3.36. The van der Waals surface area contributed by atoms with Crippen LogP contribution in [0.4, 0.5) is 0 Å². The average Bonchev–Trinajstić information content (AvgIpc) is 2.29. The van der Waals surface area contributed by atoms with E-state index in [1.165, 1.54) is 0 Å². The van der Waals surface area contributed by atoms with Crippen molar-refractivity contribution >= 4 is 23.2 Å². The second-order valence-corrected chi connectivity index (χ2v) is 4.57. The molecule has 1 aliphatic rings. The van der Waals surface area contributed by atoms with Crippen LogP contribution in [-0.2, 0) is 0 Å². The fraction of sp³-hybridized carbons (Fsp3) is 0.778. The molecule has 0 atom stereocenters. The van der Waals surface area contributed by atoms with E-state index in [1.807, 2.05) is 0 Å². The van der Waals surface area contributed by atoms with E-state index in [0.29, 0.717) is 22.4 Å². The largest absolute Gasteiger partial charge is 0.340 e. The number of rotatable bonds is 2. The molecule has 0 radical (unpaired) electrons. The molecule has 0 aromatic rings. The molecular formula is C9H16Cl2N2. The molecule has 1 heterocycles. The second kappa shape index (κ2) is 3.97. The average molecular weight is 223 g/mol. The highest BCUT2D eigenvalue weighted by molar-refractivity contribution is 6.38. The summed E-state index contributed by atoms with van der Waals surface area (Å²) >= 11 is 12.2. The van der Waals surface area contributed by atoms with Crippen molar-refractivity contribution in [2.75, 3.05) is 6.67 Å². The van der Waals surface area contributed by atoms with Gasteiger partial charge in [0.2, 0.25) is 0 Å². The molecule has 0 bridgehead atoms. The lowest BCUT2D eigenvalue weighted by Crippen LogP contribution is -2.35. The zero-order valence-corrected chi connectivity index (χ0v) is 10.0. The third kappa shape index (κ3) is 2.05. The topological polar surface area (TPSA) is 6.48 Å². The van der Waals surface area contributed by atoms with Crippen molar-refractivity contribution in [2.24, 2.45) is 0 Å². The van der Waals surface area contributed by atoms with E-state index in [-0.39, 0.29) is 0 Å². The van der Waals surface area contributed by atoms with E-state index in [4.69, 9.17) is 23.2 Å². The van der Waals surface area contributed by atoms with E-state index in [0.717, 1.165) is 6.67 Å². The van der Waals surface area contributed by atoms with Crippen LogP contribution >= 0.6 is 23.2 Å². The van der Waals surface area contributed by atoms with Crippen molar-refractivity contribution in [1.29, 1.82) is 0 Å². The van der Waals surface area contributed by atoms with Gasteiger partial charge in [-0.3, -0.25) is 0 Å². The molecule has 0 aromatic carbocycles. The highest BCUT2D eigenvalue weighted by Gasteiger charge is 2.29. The van der Waals surface area contributed by atoms with Crippen molar-refractivity contribution in [3.63, 3.8) is 0 Å². The van der Waals surface area contributed by atoms with Gasteiger partial charge in [-0.25, -0.2) is 0 Å². The van der Waals surface area contributed by atoms with Crippen molar-refractivity contribution in [1.82, 2.24) is 9.80 Å². The van der Waals surface area contributed by atoms with Crippen molar-refractivity contribution in [3.05, 3.63) is 10.3 Å². The molecule has 13 heavy (non-hydrogen) atoms. The monoisotopic (exact) mass is 222 g/mol. The Morgan fingerprint density at radius 1 is 0.923 bits per heavy atom. The maximum atomic E-state index is 6.09. The molecule has 0 fully saturated rings. The first kappa shape index (κ1) is 11.0. The Morgan fingerprint density at radius 2 is 1.23 bits per heavy atom. The van der Waals surface area contributed by atoms with Gasteiger partial charge in [-0.1, -0.05) is 23.2 Å². The number of halogens is 2. The van der Waals surface area contributed by atoms with E-state index >= 15 is 0 Å². The summed E-state index contributed by atoms with van der Waals surface area (Å²) in [4.78, 5) is 4.17. The van der Waals surface area contributed by atoms with Crippen molar-refractivity contribution in [2.45, 2.75) is 39.8 Å². The zero-order valence-electron chi connectivity index (χ0n) is 8.51. The summed E-state index contributed by atoms with van der Waals surface area (Å²) < 4.78 is 0. The molecule has 0 saturated heterocycles. The van der Waals surface area contributed by atoms with Crippen LogP contribution in [-0.4, -0.2) is 28.6 Å². The molecule has 0 aromatic heterocycles. The maximum Gasteiger partial charge on any atom is 0.142 e. The molecule has 1 rings (SSSR count). The van der Waals surface area contributed by atoms with Gasteiger partial charge in [0.25, 0.3) is 0 Å². The molecule has 2 nitrogen and oxygen atoms in total. The number of nitrogens with zero attached hydrogens (tertiary/aromatic N) is 2. The van der Waals surface area contributed by atoms with Crippen LogP contribution in [0.25, 0.3) is 0 Å². The minimum Gasteiger partial charge on any atom is -0.340 e. The first-order valence-corrected chi connectivity index (χ1v) is 5.29. The molecule has 0 saturated carbocycles. The van der Waals surface area contributed by atoms with Gasteiger partial charge in [-0.15, -0.1) is 0 Å². The fourth-order valence-electron chi connectivity index (χ4n) is 1.31. The molecule has 1 aliphatic heterocycles. The van der Waals surface area contributed by atoms with Crippen LogP contribution in [0.5, 0.6) is 0 Å². The van der Waals surface area contributed by atoms with E-state index in [2.05, 4.69) is 37.5 Å². The van der Waals surface area contributed by atoms with Crippen LogP contribution in [0.15, 0.2) is 10.3 Å². The molecule has 0 aliphatic carbocycles. The minimum atomic E-state index is 0.394. The predicted molar refractivity (Wildman–Crippen MR) is 57.5 cm³/mol. The van der Waals surface area contributed by atoms with E-state index in [1.54, 1.807) is 0 Å². The molecule has 76 valence electrons. The summed E-state index contributed by atoms with van der Waals surface area (Å²) in [7, 11) is 0. The third-order valence-corrected chi connectivity index (χ3v) is 3.11. The Hall–Kier alpha value is -0.0800. The van der Waals surface area contributed by atoms with Gasteiger partial charge in [0.1, 0.15) is 10.3 Å². The van der Waals surface area contributed by atoms with Gasteiger partial charge in [0.05, 0.1) is 6.67 Å². The first-order valence-electron chi connectivity index (χ1n) is 4.53. The Morgan fingerprint density at radius 3 is 1.38 bits per heavy atom. The molecule has 0 amide bonds. The zero-order chi connectivity index (χ0) is 10.2. The summed E-state index contributed by atoms with van der Waals surface area (Å²) in [6.07, 6.45) is 0. The van der Waals surface area contributed by atoms with Crippen LogP contribution in [0.3, 0.4) is 0 Å². The molecule has 0 unspecified atom stereocenters. The minimum absolute atomic E-state index is 0.394. The molecule has 0 N–H and O–H groups in total. The maximum absolute atomic E-state index is 6.09. The highest BCUT2D eigenvalue weighted by atomic mass is 35.5. The lowest BCUT2D eigenvalue weighted by molar-refractivity contribution is 0.198. The van der Waals surface area contributed by atoms with Gasteiger partial charge in [0, 0.05) is 12.1 Å². The second-order valence-electron chi connectivity index (χ2n) is 3.85. The fourth-order valence-corrected chi connectivity index (χ4v) is 2.02. The van der Waals surface area contributed by atoms with Crippen molar-refractivity contribution < 1.29 is 0 Å². The van der Waals surface area contributed by atoms with Crippen LogP contribution in [0.1, 0.15) is 27.7 Å². The number of hydrogen-bond donors (Lipinski definition) is 0. The van der Waals surface area contributed by atoms with Gasteiger partial charge in [-0.2, -0.15) is 0 Å². The predicted octanol–water partition coefficient (Wildman–Crippen LogP) is 2.98. The van der Waals surface area contributed by atoms with E-state index < -0.39 is 0 Å². The Balaban J connectivity index is 2.81. The number of hydrogen-bond acceptors (Lipinski definition) is 2. The van der Waals surface area contributed by atoms with Crippen LogP contribution in [0, 0.1) is 0 Å². The summed E-state index contributed by atoms with van der Waals surface area (Å²) in [6.45, 7) is 9.23. The van der Waals surface area contributed by atoms with Gasteiger partial charge < -0.3 is 9.80 Å². The lowest BCUT2D eigenvalue weighted by Gasteiger charge is -2.27. The third-order valence-electron chi connectivity index (χ3n) is 2.23. The smallest absolute Gasteiger partial charge is 0.142 e. The normalized spacial score (nSPS) is 18.5. The highest BCUT2D eigenvalue weighted by Crippen LogP contribution is 2.32. The van der Waals surface area contributed by atoms with Gasteiger partial charge in [0.15, 0.2) is 0 Å². The standard InChI is InChI=1S/C9H16Cl2N2/c1-6(2)12-5-13(7(3)4)9(11)8(12)10/h6-7H,5H2,1-4H3. The lowest BCUT2D eigenvalue weighted by atomic mass is 10.3. The van der Waals surface area contributed by atoms with Gasteiger partial charge in [-0.05, 0) is 27.7 Å². The van der Waals surface area contributed by atoms with Crippen molar-refractivity contribution in [3.8, 4) is 0 Å². The SMILES string of the molecule is CC(C)N1CN(C(C)C)C(Cl)=C1Cl.